The number of rotatable bonds is 20. The van der Waals surface area contributed by atoms with Gasteiger partial charge in [0.05, 0.1) is 28.4 Å². The second-order valence-electron chi connectivity index (χ2n) is 29.6. The zero-order valence-corrected chi connectivity index (χ0v) is 65.0. The zero-order valence-electron chi connectivity index (χ0n) is 65.0. The largest absolute Gasteiger partial charge is 0.435 e. The van der Waals surface area contributed by atoms with E-state index in [1.165, 1.54) is 37.2 Å². The Balaban J connectivity index is 0.000000131. The average molecular weight is 1600 g/mol. The molecule has 7 aromatic heterocycles. The molecular weight excluding hydrogens is 1520 g/mol. The number of likely N-dealkylation sites (tertiary alicyclic amines) is 2. The van der Waals surface area contributed by atoms with E-state index in [-0.39, 0.29) is 114 Å². The summed E-state index contributed by atoms with van der Waals surface area (Å²) < 4.78 is 107. The highest BCUT2D eigenvalue weighted by atomic mass is 19.1. The van der Waals surface area contributed by atoms with E-state index in [2.05, 4.69) is 115 Å². The van der Waals surface area contributed by atoms with Crippen LogP contribution in [0.5, 0.6) is 34.9 Å². The topological polar surface area (TPSA) is 299 Å². The fourth-order valence-electron chi connectivity index (χ4n) is 14.5. The van der Waals surface area contributed by atoms with Gasteiger partial charge in [0, 0.05) is 185 Å². The number of benzene rings is 5. The van der Waals surface area contributed by atoms with Crippen LogP contribution in [-0.4, -0.2) is 212 Å². The summed E-state index contributed by atoms with van der Waals surface area (Å²) in [5.74, 6) is -6.02. The van der Waals surface area contributed by atoms with E-state index in [1.807, 2.05) is 54.6 Å². The molecule has 117 heavy (non-hydrogen) atoms. The van der Waals surface area contributed by atoms with Crippen molar-refractivity contribution in [3.05, 3.63) is 191 Å². The number of nitrogens with zero attached hydrogens (tertiary/aromatic N) is 14. The molecule has 3 amide bonds. The summed E-state index contributed by atoms with van der Waals surface area (Å²) in [6.45, 7) is 22.2. The van der Waals surface area contributed by atoms with Crippen molar-refractivity contribution in [2.75, 3.05) is 149 Å². The van der Waals surface area contributed by atoms with Gasteiger partial charge in [0.1, 0.15) is 41.5 Å². The van der Waals surface area contributed by atoms with Crippen LogP contribution in [0.4, 0.5) is 78.1 Å². The van der Waals surface area contributed by atoms with Crippen LogP contribution in [0.1, 0.15) is 80.8 Å². The van der Waals surface area contributed by atoms with Gasteiger partial charge in [-0.25, -0.2) is 61.2 Å². The Labute approximate surface area is 668 Å². The highest BCUT2D eigenvalue weighted by Crippen LogP contribution is 2.41. The Morgan fingerprint density at radius 3 is 1.23 bits per heavy atom. The Morgan fingerprint density at radius 2 is 0.846 bits per heavy atom. The van der Waals surface area contributed by atoms with Gasteiger partial charge in [-0.2, -0.15) is 0 Å². The SMILES string of the molecule is CCN1CCN(c2ccc(Nc3ncnc(Oc4cc(F)c5[nH]c(C)cc5c4F)c3C(=O)N3CCC3)cc2)CC1.Cc1cc2c(F)c(Oc3ncnc(Nc4ccc(N5CCN(C)CC5)cc4)c3C(=O)N3CCC3)cc(F)c2[nH]1.Cc1cc2c(F)c(Oc3ncnc(Nc4ccc(N5CCNCC5)cn4)c3C(=O)NC3CC3)cc(F)c2[nH]1. The first-order valence-electron chi connectivity index (χ1n) is 39.0. The van der Waals surface area contributed by atoms with Crippen molar-refractivity contribution in [3.63, 3.8) is 0 Å². The minimum Gasteiger partial charge on any atom is -0.435 e. The molecule has 12 heterocycles. The molecule has 6 fully saturated rings. The normalized spacial score (nSPS) is 15.7. The number of ether oxygens (including phenoxy) is 3. The smallest absolute Gasteiger partial charge is 0.263 e. The third kappa shape index (κ3) is 17.1. The van der Waals surface area contributed by atoms with Gasteiger partial charge in [0.25, 0.3) is 17.7 Å². The van der Waals surface area contributed by atoms with Crippen LogP contribution < -0.4 is 55.5 Å². The van der Waals surface area contributed by atoms with Crippen molar-refractivity contribution in [2.45, 2.75) is 59.4 Å². The van der Waals surface area contributed by atoms with Crippen LogP contribution in [0.15, 0.2) is 122 Å². The van der Waals surface area contributed by atoms with E-state index in [0.717, 1.165) is 157 Å². The molecule has 0 bridgehead atoms. The lowest BCUT2D eigenvalue weighted by Crippen LogP contribution is -2.46. The van der Waals surface area contributed by atoms with Crippen LogP contribution in [0.25, 0.3) is 32.7 Å². The number of aryl methyl sites for hydroxylation is 3. The molecule has 28 nitrogen and oxygen atoms in total. The van der Waals surface area contributed by atoms with E-state index in [1.54, 1.807) is 42.8 Å². The molecule has 0 atom stereocenters. The van der Waals surface area contributed by atoms with E-state index >= 15 is 13.2 Å². The number of aromatic amines is 3. The molecule has 0 radical (unpaired) electrons. The minimum absolute atomic E-state index is 0.0301. The average Bonchev–Trinajstić information content (AvgIpc) is 1.73. The first kappa shape index (κ1) is 78.1. The van der Waals surface area contributed by atoms with Crippen molar-refractivity contribution in [1.82, 2.24) is 80.1 Å². The third-order valence-electron chi connectivity index (χ3n) is 21.4. The third-order valence-corrected chi connectivity index (χ3v) is 21.4. The number of likely N-dealkylation sites (N-methyl/N-ethyl adjacent to an activating group) is 2. The van der Waals surface area contributed by atoms with Crippen LogP contribution in [0.3, 0.4) is 0 Å². The van der Waals surface area contributed by atoms with Crippen molar-refractivity contribution >= 4 is 102 Å². The summed E-state index contributed by atoms with van der Waals surface area (Å²) in [6, 6.07) is 26.9. The fraction of sp³-hybridized carbons (Fsp3) is 0.325. The second kappa shape index (κ2) is 33.9. The lowest BCUT2D eigenvalue weighted by Gasteiger charge is -2.35. The summed E-state index contributed by atoms with van der Waals surface area (Å²) in [5, 5.41) is 15.8. The van der Waals surface area contributed by atoms with Gasteiger partial charge in [-0.1, -0.05) is 6.92 Å². The monoisotopic (exact) mass is 1600 g/mol. The number of carbonyl (C=O) groups is 3. The second-order valence-corrected chi connectivity index (χ2v) is 29.6. The van der Waals surface area contributed by atoms with E-state index in [4.69, 9.17) is 14.2 Å². The predicted molar refractivity (Wildman–Crippen MR) is 433 cm³/mol. The molecule has 5 aromatic carbocycles. The van der Waals surface area contributed by atoms with Gasteiger partial charge in [-0.05, 0) is 139 Å². The number of fused-ring (bicyclic) bond motifs is 3. The fourth-order valence-corrected chi connectivity index (χ4v) is 14.5. The Bertz CT molecular complexity index is 5660. The number of H-pyrrole nitrogens is 3. The lowest BCUT2D eigenvalue weighted by atomic mass is 10.1. The maximum atomic E-state index is 15.3. The number of nitrogens with one attached hydrogen (secondary N) is 8. The quantitative estimate of drug-likeness (QED) is 0.0329. The van der Waals surface area contributed by atoms with Gasteiger partial charge in [0.2, 0.25) is 17.6 Å². The van der Waals surface area contributed by atoms with Crippen LogP contribution in [0, 0.1) is 55.7 Å². The number of hydrogen-bond donors (Lipinski definition) is 8. The maximum absolute atomic E-state index is 15.3. The molecule has 606 valence electrons. The summed E-state index contributed by atoms with van der Waals surface area (Å²) >= 11 is 0. The molecule has 18 rings (SSSR count). The number of piperazine rings is 3. The maximum Gasteiger partial charge on any atom is 0.263 e. The van der Waals surface area contributed by atoms with Gasteiger partial charge >= 0.3 is 0 Å². The van der Waals surface area contributed by atoms with Crippen LogP contribution in [-0.2, 0) is 0 Å². The van der Waals surface area contributed by atoms with E-state index < -0.39 is 46.6 Å². The van der Waals surface area contributed by atoms with E-state index in [9.17, 15) is 27.6 Å². The molecule has 5 saturated heterocycles. The first-order valence-corrected chi connectivity index (χ1v) is 39.0. The molecule has 34 heteroatoms. The van der Waals surface area contributed by atoms with Gasteiger partial charge < -0.3 is 90.0 Å². The highest BCUT2D eigenvalue weighted by molar-refractivity contribution is 6.04. The molecule has 12 aromatic rings. The molecule has 0 spiro atoms. The minimum atomic E-state index is -0.766. The molecular formula is C83H86F6N22O6. The summed E-state index contributed by atoms with van der Waals surface area (Å²) in [4.78, 5) is 93.2. The number of hydrogen-bond acceptors (Lipinski definition) is 22. The standard InChI is InChI=1S/C29H31F2N7O2.C28H29F2N7O2.C26H26F2N8O2/c1-3-36-11-13-37(14-12-36)20-7-5-19(6-8-20)35-27-24(29(39)38-9-4-10-38)28(33-17-32-27)40-23-16-22(30)26-21(25(23)31)15-18(2)34-26;1-17-14-20-24(30)22(15-21(29)25(20)33-17)39-27-23(28(38)37-8-3-9-37)26(31-16-32-27)34-18-4-6-19(7-5-18)36-12-10-35(2)11-13-36;1-14-10-17-22(28)19(11-18(27)23(17)33-14)38-26-21(25(37)34-15-2-3-15)24(31-13-32-26)35-20-5-4-16(12-30-20)36-8-6-29-7-9-36/h5-8,15-17,34H,3-4,9-14H2,1-2H3,(H,32,33,35);4-7,14-16,33H,3,8-13H2,1-2H3,(H,31,32,34);4-5,10-13,15,29,33H,2-3,6-9H2,1H3,(H,34,37)(H,30,31,32,35). The molecule has 1 aliphatic carbocycles. The molecule has 5 aliphatic heterocycles. The van der Waals surface area contributed by atoms with Crippen molar-refractivity contribution in [1.29, 1.82) is 0 Å². The lowest BCUT2D eigenvalue weighted by molar-refractivity contribution is 0.0641. The number of pyridine rings is 1. The highest BCUT2D eigenvalue weighted by Gasteiger charge is 2.35. The Morgan fingerprint density at radius 1 is 0.453 bits per heavy atom. The number of halogens is 6. The number of carbonyl (C=O) groups excluding carboxylic acids is 3. The van der Waals surface area contributed by atoms with Crippen molar-refractivity contribution in [2.24, 2.45) is 0 Å². The van der Waals surface area contributed by atoms with Crippen molar-refractivity contribution in [3.8, 4) is 34.9 Å². The van der Waals surface area contributed by atoms with E-state index in [0.29, 0.717) is 49.1 Å². The first-order chi connectivity index (χ1) is 56.7. The Hall–Kier alpha value is -12.8. The van der Waals surface area contributed by atoms with Gasteiger partial charge in [0.15, 0.2) is 69.6 Å². The number of anilines is 9. The molecule has 6 aliphatic rings. The Kier molecular flexibility index (Phi) is 22.6. The van der Waals surface area contributed by atoms with Crippen LogP contribution >= 0.6 is 0 Å². The molecule has 1 saturated carbocycles. The predicted octanol–water partition coefficient (Wildman–Crippen LogP) is 13.5. The number of amides is 3. The molecule has 8 N–H and O–H groups in total. The van der Waals surface area contributed by atoms with Gasteiger partial charge in [-0.15, -0.1) is 0 Å². The summed E-state index contributed by atoms with van der Waals surface area (Å²) in [7, 11) is 2.12. The summed E-state index contributed by atoms with van der Waals surface area (Å²) in [5.41, 5.74) is 6.74. The van der Waals surface area contributed by atoms with Crippen molar-refractivity contribution < 1.29 is 54.9 Å². The summed E-state index contributed by atoms with van der Waals surface area (Å²) in [6.07, 6.45) is 8.89. The number of aromatic nitrogens is 10. The van der Waals surface area contributed by atoms with Crippen LogP contribution in [0.2, 0.25) is 0 Å². The molecule has 0 unspecified atom stereocenters. The zero-order chi connectivity index (χ0) is 81.1. The van der Waals surface area contributed by atoms with Gasteiger partial charge in [-0.3, -0.25) is 14.4 Å².